The molecule has 1 aliphatic rings. The minimum absolute atomic E-state index is 0.0122. The Kier molecular flexibility index (Phi) is 7.32. The van der Waals surface area contributed by atoms with Gasteiger partial charge < -0.3 is 15.7 Å². The van der Waals surface area contributed by atoms with Crippen LogP contribution in [0.4, 0.5) is 30.6 Å². The van der Waals surface area contributed by atoms with Gasteiger partial charge in [-0.05, 0) is 56.0 Å². The van der Waals surface area contributed by atoms with Gasteiger partial charge in [-0.1, -0.05) is 30.3 Å². The van der Waals surface area contributed by atoms with E-state index < -0.39 is 21.6 Å². The number of nitrogens with zero attached hydrogens (tertiary/aromatic N) is 2. The lowest BCUT2D eigenvalue weighted by Crippen LogP contribution is -2.28. The first-order valence-corrected chi connectivity index (χ1v) is 13.8. The van der Waals surface area contributed by atoms with E-state index in [1.807, 2.05) is 0 Å². The maximum atomic E-state index is 13.4. The minimum Gasteiger partial charge on any atom is -0.393 e. The molecule has 1 aliphatic carbocycles. The van der Waals surface area contributed by atoms with Crippen molar-refractivity contribution in [3.8, 4) is 11.3 Å². The quantitative estimate of drug-likeness (QED) is 0.227. The molecule has 0 aliphatic heterocycles. The standard InChI is InChI=1S/C27H26F3N5O3S/c28-27(29,30)18-6-4-5-17(13-18)23-16-26(35-34-23)33-25-15-22(39(37,38)21-7-2-1-3-8-21)14-24(32-25)31-19-9-11-20(36)12-10-19/h1-8,13-16,19-20,36H,9-12H2,(H3,31,32,33,34,35)/t19-,20-. The van der Waals surface area contributed by atoms with Crippen LogP contribution in [-0.4, -0.2) is 40.9 Å². The first kappa shape index (κ1) is 26.7. The van der Waals surface area contributed by atoms with Crippen molar-refractivity contribution < 1.29 is 26.7 Å². The average Bonchev–Trinajstić information content (AvgIpc) is 3.38. The van der Waals surface area contributed by atoms with E-state index in [1.165, 1.54) is 42.5 Å². The molecule has 5 rings (SSSR count). The lowest BCUT2D eigenvalue weighted by molar-refractivity contribution is -0.137. The zero-order valence-electron chi connectivity index (χ0n) is 20.6. The van der Waals surface area contributed by atoms with Crippen LogP contribution in [0.15, 0.2) is 82.6 Å². The number of pyridine rings is 1. The third-order valence-corrected chi connectivity index (χ3v) is 8.30. The smallest absolute Gasteiger partial charge is 0.393 e. The number of aromatic nitrogens is 3. The molecule has 0 amide bonds. The topological polar surface area (TPSA) is 120 Å². The number of anilines is 3. The summed E-state index contributed by atoms with van der Waals surface area (Å²) in [4.78, 5) is 4.66. The monoisotopic (exact) mass is 557 g/mol. The fourth-order valence-corrected chi connectivity index (χ4v) is 5.81. The van der Waals surface area contributed by atoms with Gasteiger partial charge in [-0.15, -0.1) is 0 Å². The lowest BCUT2D eigenvalue weighted by atomic mass is 9.93. The molecule has 0 saturated heterocycles. The summed E-state index contributed by atoms with van der Waals surface area (Å²) in [6, 6.07) is 17.3. The molecule has 2 aromatic carbocycles. The van der Waals surface area contributed by atoms with Crippen LogP contribution in [0.25, 0.3) is 11.3 Å². The molecule has 0 atom stereocenters. The third kappa shape index (κ3) is 6.23. The number of halogens is 3. The normalized spacial score (nSPS) is 18.1. The molecule has 39 heavy (non-hydrogen) atoms. The summed E-state index contributed by atoms with van der Waals surface area (Å²) in [7, 11) is -3.88. The Hall–Kier alpha value is -3.90. The molecule has 8 nitrogen and oxygen atoms in total. The molecule has 2 heterocycles. The highest BCUT2D eigenvalue weighted by molar-refractivity contribution is 7.91. The van der Waals surface area contributed by atoms with E-state index in [4.69, 9.17) is 0 Å². The van der Waals surface area contributed by atoms with Gasteiger partial charge in [-0.2, -0.15) is 18.3 Å². The second-order valence-corrected chi connectivity index (χ2v) is 11.4. The van der Waals surface area contributed by atoms with Gasteiger partial charge in [0.25, 0.3) is 0 Å². The predicted octanol–water partition coefficient (Wildman–Crippen LogP) is 5.78. The molecule has 4 aromatic rings. The Bertz CT molecular complexity index is 1550. The van der Waals surface area contributed by atoms with Crippen LogP contribution in [0.5, 0.6) is 0 Å². The Balaban J connectivity index is 1.45. The molecule has 1 fully saturated rings. The van der Waals surface area contributed by atoms with Gasteiger partial charge >= 0.3 is 6.18 Å². The molecule has 2 aromatic heterocycles. The largest absolute Gasteiger partial charge is 0.416 e. The van der Waals surface area contributed by atoms with Crippen molar-refractivity contribution in [2.75, 3.05) is 10.6 Å². The summed E-state index contributed by atoms with van der Waals surface area (Å²) in [6.07, 6.45) is -2.14. The van der Waals surface area contributed by atoms with Crippen molar-refractivity contribution in [2.24, 2.45) is 0 Å². The summed E-state index contributed by atoms with van der Waals surface area (Å²) in [5, 5.41) is 22.9. The van der Waals surface area contributed by atoms with Gasteiger partial charge in [0.15, 0.2) is 5.82 Å². The number of aromatic amines is 1. The molecule has 0 radical (unpaired) electrons. The van der Waals surface area contributed by atoms with Crippen LogP contribution in [-0.2, 0) is 16.0 Å². The second kappa shape index (κ2) is 10.7. The number of benzene rings is 2. The highest BCUT2D eigenvalue weighted by atomic mass is 32.2. The number of aliphatic hydroxyl groups is 1. The van der Waals surface area contributed by atoms with Crippen molar-refractivity contribution in [3.05, 3.63) is 78.4 Å². The number of aliphatic hydroxyl groups excluding tert-OH is 1. The molecular formula is C27H26F3N5O3S. The van der Waals surface area contributed by atoms with E-state index in [1.54, 1.807) is 18.2 Å². The number of sulfone groups is 1. The van der Waals surface area contributed by atoms with Gasteiger partial charge in [0.1, 0.15) is 11.6 Å². The van der Waals surface area contributed by atoms with E-state index >= 15 is 0 Å². The van der Waals surface area contributed by atoms with Gasteiger partial charge in [0, 0.05) is 23.7 Å². The Labute approximate surface area is 223 Å². The third-order valence-electron chi connectivity index (χ3n) is 6.55. The predicted molar refractivity (Wildman–Crippen MR) is 140 cm³/mol. The molecule has 4 N–H and O–H groups in total. The van der Waals surface area contributed by atoms with E-state index in [0.717, 1.165) is 12.1 Å². The zero-order chi connectivity index (χ0) is 27.6. The van der Waals surface area contributed by atoms with Gasteiger partial charge in [-0.3, -0.25) is 5.10 Å². The van der Waals surface area contributed by atoms with E-state index in [-0.39, 0.29) is 33.6 Å². The average molecular weight is 558 g/mol. The minimum atomic E-state index is -4.48. The van der Waals surface area contributed by atoms with Crippen LogP contribution < -0.4 is 10.6 Å². The summed E-state index contributed by atoms with van der Waals surface area (Å²) in [5.41, 5.74) is -0.146. The van der Waals surface area contributed by atoms with Gasteiger partial charge in [0.2, 0.25) is 9.84 Å². The first-order chi connectivity index (χ1) is 18.6. The Morgan fingerprint density at radius 1 is 0.846 bits per heavy atom. The highest BCUT2D eigenvalue weighted by Gasteiger charge is 2.30. The molecule has 0 unspecified atom stereocenters. The van der Waals surface area contributed by atoms with Crippen molar-refractivity contribution in [3.63, 3.8) is 0 Å². The summed E-state index contributed by atoms with van der Waals surface area (Å²) in [5.74, 6) is 0.771. The van der Waals surface area contributed by atoms with Gasteiger partial charge in [-0.25, -0.2) is 13.4 Å². The fourth-order valence-electron chi connectivity index (χ4n) is 4.49. The lowest BCUT2D eigenvalue weighted by Gasteiger charge is -2.26. The SMILES string of the molecule is O=S(=O)(c1ccccc1)c1cc(Nc2cc(-c3cccc(C(F)(F)F)c3)[nH]n2)nc(N[C@H]2CC[C@H](O)CC2)c1. The van der Waals surface area contributed by atoms with Gasteiger partial charge in [0.05, 0.1) is 27.2 Å². The molecule has 1 saturated carbocycles. The Morgan fingerprint density at radius 3 is 2.28 bits per heavy atom. The molecular weight excluding hydrogens is 531 g/mol. The van der Waals surface area contributed by atoms with Crippen LogP contribution in [0.1, 0.15) is 31.2 Å². The number of hydrogen-bond donors (Lipinski definition) is 4. The van der Waals surface area contributed by atoms with Crippen molar-refractivity contribution in [1.82, 2.24) is 15.2 Å². The van der Waals surface area contributed by atoms with Crippen LogP contribution in [0, 0.1) is 0 Å². The second-order valence-electron chi connectivity index (χ2n) is 9.41. The van der Waals surface area contributed by atoms with E-state index in [2.05, 4.69) is 25.8 Å². The molecule has 204 valence electrons. The molecule has 12 heteroatoms. The number of H-pyrrole nitrogens is 1. The first-order valence-electron chi connectivity index (χ1n) is 12.3. The van der Waals surface area contributed by atoms with Crippen LogP contribution in [0.3, 0.4) is 0 Å². The van der Waals surface area contributed by atoms with E-state index in [9.17, 15) is 26.7 Å². The summed E-state index contributed by atoms with van der Waals surface area (Å²) < 4.78 is 66.2. The molecule has 0 bridgehead atoms. The fraction of sp³-hybridized carbons (Fsp3) is 0.259. The maximum absolute atomic E-state index is 13.4. The maximum Gasteiger partial charge on any atom is 0.416 e. The summed E-state index contributed by atoms with van der Waals surface area (Å²) in [6.45, 7) is 0. The van der Waals surface area contributed by atoms with Crippen LogP contribution in [0.2, 0.25) is 0 Å². The Morgan fingerprint density at radius 2 is 1.56 bits per heavy atom. The van der Waals surface area contributed by atoms with Crippen molar-refractivity contribution in [2.45, 2.75) is 53.8 Å². The summed E-state index contributed by atoms with van der Waals surface area (Å²) >= 11 is 0. The zero-order valence-corrected chi connectivity index (χ0v) is 21.4. The molecule has 0 spiro atoms. The number of nitrogens with one attached hydrogen (secondary N) is 3. The number of rotatable bonds is 7. The number of hydrogen-bond acceptors (Lipinski definition) is 7. The van der Waals surface area contributed by atoms with Crippen LogP contribution >= 0.6 is 0 Å². The van der Waals surface area contributed by atoms with Crippen molar-refractivity contribution in [1.29, 1.82) is 0 Å². The van der Waals surface area contributed by atoms with E-state index in [0.29, 0.717) is 42.8 Å². The number of alkyl halides is 3. The van der Waals surface area contributed by atoms with Crippen molar-refractivity contribution >= 4 is 27.3 Å². The highest BCUT2D eigenvalue weighted by Crippen LogP contribution is 2.33.